The van der Waals surface area contributed by atoms with E-state index in [4.69, 9.17) is 9.47 Å². The van der Waals surface area contributed by atoms with Gasteiger partial charge in [-0.2, -0.15) is 0 Å². The van der Waals surface area contributed by atoms with Crippen LogP contribution in [0.5, 0.6) is 11.5 Å². The van der Waals surface area contributed by atoms with E-state index in [1.54, 1.807) is 24.3 Å². The van der Waals surface area contributed by atoms with Crippen LogP contribution in [-0.2, 0) is 10.2 Å². The minimum Gasteiger partial charge on any atom is -0.452 e. The molecule has 1 heterocycles. The number of carbonyl (C=O) groups excluding carboxylic acids is 2. The van der Waals surface area contributed by atoms with Crippen molar-refractivity contribution in [1.82, 2.24) is 0 Å². The lowest BCUT2D eigenvalue weighted by molar-refractivity contribution is -0.131. The summed E-state index contributed by atoms with van der Waals surface area (Å²) in [6, 6.07) is 12.8. The minimum atomic E-state index is -0.418. The lowest BCUT2D eigenvalue weighted by atomic mass is 9.86. The maximum Gasteiger partial charge on any atom is 0.308 e. The molecule has 4 nitrogen and oxygen atoms in total. The highest BCUT2D eigenvalue weighted by Gasteiger charge is 2.28. The predicted molar refractivity (Wildman–Crippen MR) is 95.8 cm³/mol. The lowest BCUT2D eigenvalue weighted by Gasteiger charge is -2.18. The summed E-state index contributed by atoms with van der Waals surface area (Å²) in [4.78, 5) is 23.5. The number of allylic oxidation sites excluding steroid dienone is 1. The van der Waals surface area contributed by atoms with E-state index in [1.807, 2.05) is 12.1 Å². The molecule has 4 heteroatoms. The van der Waals surface area contributed by atoms with E-state index >= 15 is 0 Å². The van der Waals surface area contributed by atoms with Crippen molar-refractivity contribution in [2.45, 2.75) is 33.1 Å². The van der Waals surface area contributed by atoms with Gasteiger partial charge in [-0.15, -0.1) is 0 Å². The fourth-order valence-corrected chi connectivity index (χ4v) is 2.63. The van der Waals surface area contributed by atoms with Crippen molar-refractivity contribution in [2.24, 2.45) is 0 Å². The fourth-order valence-electron chi connectivity index (χ4n) is 2.63. The van der Waals surface area contributed by atoms with Crippen molar-refractivity contribution in [2.75, 3.05) is 0 Å². The van der Waals surface area contributed by atoms with Crippen LogP contribution < -0.4 is 9.47 Å². The minimum absolute atomic E-state index is 0.0781. The molecule has 0 saturated carbocycles. The molecule has 1 aliphatic rings. The smallest absolute Gasteiger partial charge is 0.308 e. The number of hydrogen-bond acceptors (Lipinski definition) is 4. The highest BCUT2D eigenvalue weighted by atomic mass is 16.5. The third kappa shape index (κ3) is 3.63. The second-order valence-corrected chi connectivity index (χ2v) is 7.06. The molecule has 0 spiro atoms. The quantitative estimate of drug-likeness (QED) is 0.459. The molecule has 0 bridgehead atoms. The van der Waals surface area contributed by atoms with Crippen molar-refractivity contribution < 1.29 is 19.1 Å². The SMILES string of the molecule is CC(=O)Oc1ccc2c(c1)O/C(=C\c1ccc(C(C)(C)C)cc1)C2=O. The van der Waals surface area contributed by atoms with Crippen LogP contribution in [0.3, 0.4) is 0 Å². The van der Waals surface area contributed by atoms with Gasteiger partial charge in [0.05, 0.1) is 5.56 Å². The summed E-state index contributed by atoms with van der Waals surface area (Å²) >= 11 is 0. The summed E-state index contributed by atoms with van der Waals surface area (Å²) in [6.07, 6.45) is 1.72. The predicted octanol–water partition coefficient (Wildman–Crippen LogP) is 4.53. The molecule has 128 valence electrons. The number of Topliss-reactive ketones (excluding diaryl/α,β-unsaturated/α-hetero) is 1. The van der Waals surface area contributed by atoms with Crippen LogP contribution in [0.25, 0.3) is 6.08 Å². The van der Waals surface area contributed by atoms with Gasteiger partial charge in [-0.1, -0.05) is 45.0 Å². The van der Waals surface area contributed by atoms with Gasteiger partial charge in [0.25, 0.3) is 0 Å². The Bertz CT molecular complexity index is 868. The van der Waals surface area contributed by atoms with Gasteiger partial charge in [-0.3, -0.25) is 9.59 Å². The molecular weight excluding hydrogens is 316 g/mol. The molecule has 0 aromatic heterocycles. The largest absolute Gasteiger partial charge is 0.452 e. The lowest BCUT2D eigenvalue weighted by Crippen LogP contribution is -2.10. The van der Waals surface area contributed by atoms with Crippen molar-refractivity contribution in [3.05, 3.63) is 64.9 Å². The van der Waals surface area contributed by atoms with Gasteiger partial charge >= 0.3 is 5.97 Å². The van der Waals surface area contributed by atoms with E-state index in [0.717, 1.165) is 5.56 Å². The molecule has 2 aromatic carbocycles. The number of hydrogen-bond donors (Lipinski definition) is 0. The Balaban J connectivity index is 1.85. The molecule has 0 unspecified atom stereocenters. The second-order valence-electron chi connectivity index (χ2n) is 7.06. The normalized spacial score (nSPS) is 15.0. The Morgan fingerprint density at radius 2 is 1.76 bits per heavy atom. The van der Waals surface area contributed by atoms with Gasteiger partial charge in [0, 0.05) is 13.0 Å². The van der Waals surface area contributed by atoms with Crippen molar-refractivity contribution in [1.29, 1.82) is 0 Å². The van der Waals surface area contributed by atoms with Gasteiger partial charge in [0.2, 0.25) is 5.78 Å². The summed E-state index contributed by atoms with van der Waals surface area (Å²) in [5, 5.41) is 0. The number of ether oxygens (including phenoxy) is 2. The van der Waals surface area contributed by atoms with Crippen molar-refractivity contribution in [3.8, 4) is 11.5 Å². The van der Waals surface area contributed by atoms with Gasteiger partial charge in [0.15, 0.2) is 5.76 Å². The number of carbonyl (C=O) groups is 2. The van der Waals surface area contributed by atoms with Crippen LogP contribution in [0, 0.1) is 0 Å². The average molecular weight is 336 g/mol. The summed E-state index contributed by atoms with van der Waals surface area (Å²) in [5.41, 5.74) is 2.66. The summed E-state index contributed by atoms with van der Waals surface area (Å²) < 4.78 is 10.7. The van der Waals surface area contributed by atoms with Crippen LogP contribution in [0.2, 0.25) is 0 Å². The number of fused-ring (bicyclic) bond motifs is 1. The Morgan fingerprint density at radius 3 is 2.36 bits per heavy atom. The van der Waals surface area contributed by atoms with Crippen LogP contribution in [-0.4, -0.2) is 11.8 Å². The van der Waals surface area contributed by atoms with Gasteiger partial charge in [-0.25, -0.2) is 0 Å². The second kappa shape index (κ2) is 6.20. The van der Waals surface area contributed by atoms with Gasteiger partial charge in [0.1, 0.15) is 11.5 Å². The Hall–Kier alpha value is -2.88. The first-order valence-electron chi connectivity index (χ1n) is 8.11. The number of ketones is 1. The third-order valence-corrected chi connectivity index (χ3v) is 3.98. The van der Waals surface area contributed by atoms with Crippen molar-refractivity contribution >= 4 is 17.8 Å². The molecule has 0 saturated heterocycles. The zero-order chi connectivity index (χ0) is 18.2. The zero-order valence-corrected chi connectivity index (χ0v) is 14.8. The van der Waals surface area contributed by atoms with E-state index in [1.165, 1.54) is 12.5 Å². The maximum atomic E-state index is 12.5. The van der Waals surface area contributed by atoms with Crippen LogP contribution >= 0.6 is 0 Å². The first-order chi connectivity index (χ1) is 11.7. The monoisotopic (exact) mass is 336 g/mol. The zero-order valence-electron chi connectivity index (χ0n) is 14.8. The maximum absolute atomic E-state index is 12.5. The Morgan fingerprint density at radius 1 is 1.08 bits per heavy atom. The van der Waals surface area contributed by atoms with E-state index in [-0.39, 0.29) is 17.0 Å². The molecule has 0 amide bonds. The highest BCUT2D eigenvalue weighted by Crippen LogP contribution is 2.35. The first kappa shape index (κ1) is 17.0. The van der Waals surface area contributed by atoms with E-state index in [0.29, 0.717) is 17.1 Å². The third-order valence-electron chi connectivity index (χ3n) is 3.98. The molecule has 2 aromatic rings. The Kier molecular flexibility index (Phi) is 4.21. The molecule has 3 rings (SSSR count). The van der Waals surface area contributed by atoms with Crippen LogP contribution in [0.1, 0.15) is 49.2 Å². The average Bonchev–Trinajstić information content (AvgIpc) is 2.82. The van der Waals surface area contributed by atoms with Gasteiger partial charge < -0.3 is 9.47 Å². The fraction of sp³-hybridized carbons (Fsp3) is 0.238. The van der Waals surface area contributed by atoms with Crippen LogP contribution in [0.15, 0.2) is 48.2 Å². The van der Waals surface area contributed by atoms with E-state index in [2.05, 4.69) is 32.9 Å². The Labute approximate surface area is 147 Å². The van der Waals surface area contributed by atoms with Crippen molar-refractivity contribution in [3.63, 3.8) is 0 Å². The number of rotatable bonds is 2. The topological polar surface area (TPSA) is 52.6 Å². The summed E-state index contributed by atoms with van der Waals surface area (Å²) in [6.45, 7) is 7.79. The highest BCUT2D eigenvalue weighted by molar-refractivity contribution is 6.14. The van der Waals surface area contributed by atoms with E-state index < -0.39 is 5.97 Å². The molecule has 0 atom stereocenters. The van der Waals surface area contributed by atoms with Gasteiger partial charge in [-0.05, 0) is 34.8 Å². The summed E-state index contributed by atoms with van der Waals surface area (Å²) in [5.74, 6) is 0.429. The molecule has 0 N–H and O–H groups in total. The van der Waals surface area contributed by atoms with Crippen LogP contribution in [0.4, 0.5) is 0 Å². The molecule has 0 aliphatic carbocycles. The summed E-state index contributed by atoms with van der Waals surface area (Å²) in [7, 11) is 0. The number of benzene rings is 2. The molecule has 25 heavy (non-hydrogen) atoms. The molecule has 0 radical (unpaired) electrons. The standard InChI is InChI=1S/C21H20O4/c1-13(22)24-16-9-10-17-18(12-16)25-19(20(17)23)11-14-5-7-15(8-6-14)21(2,3)4/h5-12H,1-4H3/b19-11-. The first-order valence-corrected chi connectivity index (χ1v) is 8.11. The number of esters is 1. The molecule has 0 fully saturated rings. The molecular formula is C21H20O4. The van der Waals surface area contributed by atoms with E-state index in [9.17, 15) is 9.59 Å². The molecule has 1 aliphatic heterocycles.